The molecule has 1 aromatic rings. The molecule has 1 N–H and O–H groups in total. The predicted octanol–water partition coefficient (Wildman–Crippen LogP) is 2.31. The average Bonchev–Trinajstić information content (AvgIpc) is 2.61. The van der Waals surface area contributed by atoms with E-state index in [9.17, 15) is 14.3 Å². The van der Waals surface area contributed by atoms with Crippen molar-refractivity contribution in [1.29, 1.82) is 0 Å². The number of carbonyl (C=O) groups is 1. The van der Waals surface area contributed by atoms with Crippen LogP contribution in [0.2, 0.25) is 0 Å². The van der Waals surface area contributed by atoms with Gasteiger partial charge in [-0.25, -0.2) is 4.39 Å². The maximum Gasteiger partial charge on any atom is 0.225 e. The van der Waals surface area contributed by atoms with Crippen LogP contribution in [0.15, 0.2) is 24.3 Å². The Balaban J connectivity index is 1.79. The Hall–Kier alpha value is -1.46. The van der Waals surface area contributed by atoms with Gasteiger partial charge < -0.3 is 10.0 Å². The van der Waals surface area contributed by atoms with Gasteiger partial charge in [0, 0.05) is 38.1 Å². The van der Waals surface area contributed by atoms with Crippen molar-refractivity contribution in [3.63, 3.8) is 0 Å². The second kappa shape index (κ2) is 9.14. The number of aryl methyl sites for hydroxylation is 1. The summed E-state index contributed by atoms with van der Waals surface area (Å²) in [5, 5.41) is 9.39. The topological polar surface area (TPSA) is 43.8 Å². The molecule has 1 saturated heterocycles. The molecule has 1 aromatic carbocycles. The number of aliphatic hydroxyl groups is 1. The highest BCUT2D eigenvalue weighted by molar-refractivity contribution is 5.78. The number of benzene rings is 1. The van der Waals surface area contributed by atoms with E-state index in [4.69, 9.17) is 0 Å². The molecule has 0 aliphatic carbocycles. The maximum atomic E-state index is 13.2. The maximum absolute atomic E-state index is 13.2. The van der Waals surface area contributed by atoms with E-state index in [1.54, 1.807) is 6.07 Å². The number of nitrogens with zero attached hydrogens (tertiary/aromatic N) is 2. The van der Waals surface area contributed by atoms with Crippen LogP contribution in [0.25, 0.3) is 0 Å². The molecular weight excluding hydrogens is 307 g/mol. The lowest BCUT2D eigenvalue weighted by atomic mass is 9.99. The molecule has 1 amide bonds. The zero-order valence-electron chi connectivity index (χ0n) is 14.7. The zero-order valence-corrected chi connectivity index (χ0v) is 14.7. The van der Waals surface area contributed by atoms with Crippen LogP contribution in [0.4, 0.5) is 4.39 Å². The number of halogens is 1. The zero-order chi connectivity index (χ0) is 17.5. The van der Waals surface area contributed by atoms with Crippen molar-refractivity contribution in [3.8, 4) is 0 Å². The number of hydrogen-bond acceptors (Lipinski definition) is 3. The van der Waals surface area contributed by atoms with E-state index < -0.39 is 0 Å². The highest BCUT2D eigenvalue weighted by Gasteiger charge is 2.27. The molecule has 134 valence electrons. The molecule has 2 rings (SSSR count). The first-order valence-corrected chi connectivity index (χ1v) is 8.93. The van der Waals surface area contributed by atoms with Crippen LogP contribution in [0, 0.1) is 11.7 Å². The van der Waals surface area contributed by atoms with Crippen LogP contribution < -0.4 is 0 Å². The third kappa shape index (κ3) is 5.02. The summed E-state index contributed by atoms with van der Waals surface area (Å²) in [4.78, 5) is 16.8. The van der Waals surface area contributed by atoms with E-state index in [1.807, 2.05) is 17.9 Å². The van der Waals surface area contributed by atoms with Crippen molar-refractivity contribution in [2.45, 2.75) is 39.2 Å². The van der Waals surface area contributed by atoms with Gasteiger partial charge in [-0.05, 0) is 37.0 Å². The van der Waals surface area contributed by atoms with Gasteiger partial charge in [-0.3, -0.25) is 9.69 Å². The fourth-order valence-electron chi connectivity index (χ4n) is 3.32. The highest BCUT2D eigenvalue weighted by atomic mass is 19.1. The Labute approximate surface area is 144 Å². The summed E-state index contributed by atoms with van der Waals surface area (Å²) in [6.07, 6.45) is 2.37. The van der Waals surface area contributed by atoms with Crippen molar-refractivity contribution in [3.05, 3.63) is 35.6 Å². The molecular formula is C19H29FN2O2. The first kappa shape index (κ1) is 18.9. The number of rotatable bonds is 7. The van der Waals surface area contributed by atoms with Gasteiger partial charge in [-0.1, -0.05) is 26.0 Å². The quantitative estimate of drug-likeness (QED) is 0.831. The SMILES string of the molecule is CCC(CO)N1CCN(C(=O)C(C)CCc2cccc(F)c2)CC1. The van der Waals surface area contributed by atoms with E-state index in [1.165, 1.54) is 12.1 Å². The van der Waals surface area contributed by atoms with Crippen molar-refractivity contribution < 1.29 is 14.3 Å². The van der Waals surface area contributed by atoms with Gasteiger partial charge in [-0.2, -0.15) is 0 Å². The lowest BCUT2D eigenvalue weighted by molar-refractivity contribution is -0.137. The lowest BCUT2D eigenvalue weighted by Gasteiger charge is -2.39. The molecule has 0 saturated carbocycles. The molecule has 0 aromatic heterocycles. The molecule has 0 radical (unpaired) electrons. The third-order valence-corrected chi connectivity index (χ3v) is 5.00. The largest absolute Gasteiger partial charge is 0.395 e. The molecule has 2 unspecified atom stereocenters. The minimum Gasteiger partial charge on any atom is -0.395 e. The average molecular weight is 336 g/mol. The van der Waals surface area contributed by atoms with Crippen LogP contribution in [0.3, 0.4) is 0 Å². The van der Waals surface area contributed by atoms with Gasteiger partial charge in [0.1, 0.15) is 5.82 Å². The molecule has 1 heterocycles. The third-order valence-electron chi connectivity index (χ3n) is 5.00. The fourth-order valence-corrected chi connectivity index (χ4v) is 3.32. The first-order valence-electron chi connectivity index (χ1n) is 8.93. The van der Waals surface area contributed by atoms with Gasteiger partial charge in [0.05, 0.1) is 6.61 Å². The van der Waals surface area contributed by atoms with Crippen molar-refractivity contribution in [2.75, 3.05) is 32.8 Å². The van der Waals surface area contributed by atoms with Crippen LogP contribution >= 0.6 is 0 Å². The summed E-state index contributed by atoms with van der Waals surface area (Å²) in [6.45, 7) is 7.29. The van der Waals surface area contributed by atoms with Crippen molar-refractivity contribution in [1.82, 2.24) is 9.80 Å². The number of piperazine rings is 1. The van der Waals surface area contributed by atoms with Crippen LogP contribution in [-0.2, 0) is 11.2 Å². The molecule has 0 spiro atoms. The molecule has 1 fully saturated rings. The molecule has 5 heteroatoms. The Morgan fingerprint density at radius 2 is 2.00 bits per heavy atom. The molecule has 1 aliphatic rings. The smallest absolute Gasteiger partial charge is 0.225 e. The number of amides is 1. The number of aliphatic hydroxyl groups excluding tert-OH is 1. The summed E-state index contributed by atoms with van der Waals surface area (Å²) in [5.74, 6) is -0.0975. The minimum absolute atomic E-state index is 0.0559. The number of carbonyl (C=O) groups excluding carboxylic acids is 1. The lowest BCUT2D eigenvalue weighted by Crippen LogP contribution is -2.53. The molecule has 1 aliphatic heterocycles. The molecule has 0 bridgehead atoms. The summed E-state index contributed by atoms with van der Waals surface area (Å²) < 4.78 is 13.2. The number of hydrogen-bond donors (Lipinski definition) is 1. The van der Waals surface area contributed by atoms with Gasteiger partial charge in [-0.15, -0.1) is 0 Å². The van der Waals surface area contributed by atoms with Crippen LogP contribution in [0.5, 0.6) is 0 Å². The summed E-state index contributed by atoms with van der Waals surface area (Å²) in [5.41, 5.74) is 0.938. The molecule has 24 heavy (non-hydrogen) atoms. The second-order valence-electron chi connectivity index (χ2n) is 6.68. The molecule has 4 nitrogen and oxygen atoms in total. The Morgan fingerprint density at radius 3 is 2.58 bits per heavy atom. The monoisotopic (exact) mass is 336 g/mol. The normalized spacial score (nSPS) is 18.4. The predicted molar refractivity (Wildman–Crippen MR) is 93.2 cm³/mol. The van der Waals surface area contributed by atoms with E-state index in [0.717, 1.165) is 44.6 Å². The van der Waals surface area contributed by atoms with Gasteiger partial charge >= 0.3 is 0 Å². The minimum atomic E-state index is -0.225. The first-order chi connectivity index (χ1) is 11.5. The highest BCUT2D eigenvalue weighted by Crippen LogP contribution is 2.16. The van der Waals surface area contributed by atoms with E-state index in [2.05, 4.69) is 11.8 Å². The summed E-state index contributed by atoms with van der Waals surface area (Å²) in [7, 11) is 0. The Bertz CT molecular complexity index is 526. The fraction of sp³-hybridized carbons (Fsp3) is 0.632. The van der Waals surface area contributed by atoms with Gasteiger partial charge in [0.15, 0.2) is 0 Å². The summed E-state index contributed by atoms with van der Waals surface area (Å²) >= 11 is 0. The van der Waals surface area contributed by atoms with Gasteiger partial charge in [0.25, 0.3) is 0 Å². The van der Waals surface area contributed by atoms with E-state index in [0.29, 0.717) is 6.42 Å². The Morgan fingerprint density at radius 1 is 1.29 bits per heavy atom. The second-order valence-corrected chi connectivity index (χ2v) is 6.68. The van der Waals surface area contributed by atoms with Crippen molar-refractivity contribution >= 4 is 5.91 Å². The van der Waals surface area contributed by atoms with E-state index in [-0.39, 0.29) is 30.3 Å². The standard InChI is InChI=1S/C19H29FN2O2/c1-3-18(14-23)21-9-11-22(12-10-21)19(24)15(2)7-8-16-5-4-6-17(20)13-16/h4-6,13,15,18,23H,3,7-12,14H2,1-2H3. The van der Waals surface area contributed by atoms with E-state index >= 15 is 0 Å². The Kier molecular flexibility index (Phi) is 7.18. The molecule has 2 atom stereocenters. The van der Waals surface area contributed by atoms with Crippen LogP contribution in [0.1, 0.15) is 32.3 Å². The van der Waals surface area contributed by atoms with Crippen LogP contribution in [-0.4, -0.2) is 59.6 Å². The van der Waals surface area contributed by atoms with Gasteiger partial charge in [0.2, 0.25) is 5.91 Å². The van der Waals surface area contributed by atoms with Crippen molar-refractivity contribution in [2.24, 2.45) is 5.92 Å². The summed E-state index contributed by atoms with van der Waals surface area (Å²) in [6, 6.07) is 6.79.